The van der Waals surface area contributed by atoms with E-state index in [9.17, 15) is 19.5 Å². The van der Waals surface area contributed by atoms with Crippen molar-refractivity contribution in [3.63, 3.8) is 0 Å². The fourth-order valence-corrected chi connectivity index (χ4v) is 3.21. The zero-order valence-electron chi connectivity index (χ0n) is 16.4. The summed E-state index contributed by atoms with van der Waals surface area (Å²) in [7, 11) is 1.23. The summed E-state index contributed by atoms with van der Waals surface area (Å²) in [5, 5.41) is 9.67. The number of benzene rings is 1. The van der Waals surface area contributed by atoms with Crippen molar-refractivity contribution in [2.75, 3.05) is 40.0 Å². The van der Waals surface area contributed by atoms with Crippen LogP contribution in [0, 0.1) is 0 Å². The topological polar surface area (TPSA) is 111 Å². The smallest absolute Gasteiger partial charge is 0.337 e. The van der Waals surface area contributed by atoms with Gasteiger partial charge in [-0.25, -0.2) is 14.6 Å². The van der Waals surface area contributed by atoms with Crippen molar-refractivity contribution in [2.45, 2.75) is 13.5 Å². The number of carbonyl (C=O) groups excluding carboxylic acids is 2. The normalized spacial score (nSPS) is 14.6. The third kappa shape index (κ3) is 4.69. The first-order chi connectivity index (χ1) is 13.9. The largest absolute Gasteiger partial charge is 0.478 e. The Kier molecular flexibility index (Phi) is 6.40. The van der Waals surface area contributed by atoms with Crippen molar-refractivity contribution in [3.8, 4) is 11.4 Å². The van der Waals surface area contributed by atoms with E-state index in [2.05, 4.69) is 14.6 Å². The van der Waals surface area contributed by atoms with Crippen LogP contribution in [0.2, 0.25) is 0 Å². The summed E-state index contributed by atoms with van der Waals surface area (Å²) in [6.45, 7) is 5.65. The number of nitrogens with zero attached hydrogens (tertiary/aromatic N) is 3. The number of methoxy groups -OCH3 is 1. The second kappa shape index (κ2) is 8.97. The van der Waals surface area contributed by atoms with Crippen LogP contribution in [0.4, 0.5) is 0 Å². The number of hydrogen-bond acceptors (Lipinski definition) is 7. The van der Waals surface area contributed by atoms with E-state index in [1.54, 1.807) is 10.8 Å². The minimum Gasteiger partial charge on any atom is -0.478 e. The maximum Gasteiger partial charge on any atom is 0.337 e. The van der Waals surface area contributed by atoms with Crippen molar-refractivity contribution in [1.82, 2.24) is 14.5 Å². The molecule has 1 aliphatic heterocycles. The number of carboxylic acids is 1. The number of esters is 1. The van der Waals surface area contributed by atoms with Gasteiger partial charge in [0, 0.05) is 44.9 Å². The molecule has 0 radical (unpaired) electrons. The molecule has 1 aromatic carbocycles. The van der Waals surface area contributed by atoms with E-state index in [0.29, 0.717) is 37.7 Å². The van der Waals surface area contributed by atoms with E-state index in [-0.39, 0.29) is 22.6 Å². The Bertz CT molecular complexity index is 930. The number of ether oxygens (including phenoxy) is 2. The standard InChI is InChI=1S/C20H23N3O6/c1-13(24)17-12-23(6-5-22-7-9-29-10-8-22)18(21-17)15-4-3-14(20(27)28-2)11-16(15)19(25)26/h3-4,11-12H,5-10H2,1-2H3,(H,25,26). The fraction of sp³-hybridized carbons (Fsp3) is 0.400. The molecular formula is C20H23N3O6. The number of ketones is 1. The summed E-state index contributed by atoms with van der Waals surface area (Å²) in [4.78, 5) is 42.1. The van der Waals surface area contributed by atoms with Gasteiger partial charge in [0.05, 0.1) is 31.5 Å². The van der Waals surface area contributed by atoms with Crippen LogP contribution in [-0.4, -0.2) is 77.2 Å². The van der Waals surface area contributed by atoms with Crippen LogP contribution in [0.3, 0.4) is 0 Å². The molecule has 1 aromatic heterocycles. The molecule has 1 fully saturated rings. The quantitative estimate of drug-likeness (QED) is 0.550. The minimum atomic E-state index is -1.20. The molecule has 2 aromatic rings. The van der Waals surface area contributed by atoms with Crippen LogP contribution in [0.1, 0.15) is 38.1 Å². The van der Waals surface area contributed by atoms with Crippen molar-refractivity contribution < 1.29 is 29.0 Å². The van der Waals surface area contributed by atoms with E-state index in [0.717, 1.165) is 13.1 Å². The third-order valence-corrected chi connectivity index (χ3v) is 4.81. The average Bonchev–Trinajstić information content (AvgIpc) is 3.16. The second-order valence-electron chi connectivity index (χ2n) is 6.71. The van der Waals surface area contributed by atoms with Crippen LogP contribution in [0.25, 0.3) is 11.4 Å². The van der Waals surface area contributed by atoms with E-state index in [1.807, 2.05) is 0 Å². The first-order valence-electron chi connectivity index (χ1n) is 9.25. The molecule has 154 valence electrons. The molecule has 1 aliphatic rings. The average molecular weight is 401 g/mol. The van der Waals surface area contributed by atoms with Crippen molar-refractivity contribution in [3.05, 3.63) is 41.2 Å². The third-order valence-electron chi connectivity index (χ3n) is 4.81. The van der Waals surface area contributed by atoms with Gasteiger partial charge in [0.15, 0.2) is 5.78 Å². The van der Waals surface area contributed by atoms with Crippen molar-refractivity contribution >= 4 is 17.7 Å². The molecule has 0 bridgehead atoms. The number of Topliss-reactive ketones (excluding diaryl/α,β-unsaturated/α-hetero) is 1. The zero-order chi connectivity index (χ0) is 21.0. The minimum absolute atomic E-state index is 0.0822. The number of carbonyl (C=O) groups is 3. The molecule has 3 rings (SSSR count). The van der Waals surface area contributed by atoms with E-state index in [1.165, 1.54) is 32.2 Å². The van der Waals surface area contributed by atoms with Gasteiger partial charge in [0.25, 0.3) is 0 Å². The summed E-state index contributed by atoms with van der Waals surface area (Å²) >= 11 is 0. The first-order valence-corrected chi connectivity index (χ1v) is 9.25. The molecular weight excluding hydrogens is 378 g/mol. The molecule has 9 heteroatoms. The van der Waals surface area contributed by atoms with Crippen LogP contribution >= 0.6 is 0 Å². The summed E-state index contributed by atoms with van der Waals surface area (Å²) in [6, 6.07) is 4.27. The first kappa shape index (κ1) is 20.7. The SMILES string of the molecule is COC(=O)c1ccc(-c2nc(C(C)=O)cn2CCN2CCOCC2)c(C(=O)O)c1. The van der Waals surface area contributed by atoms with E-state index >= 15 is 0 Å². The lowest BCUT2D eigenvalue weighted by Crippen LogP contribution is -2.38. The lowest BCUT2D eigenvalue weighted by molar-refractivity contribution is 0.0364. The number of imidazole rings is 1. The summed E-state index contributed by atoms with van der Waals surface area (Å²) in [5.74, 6) is -1.66. The molecule has 0 atom stereocenters. The fourth-order valence-electron chi connectivity index (χ4n) is 3.21. The second-order valence-corrected chi connectivity index (χ2v) is 6.71. The predicted molar refractivity (Wildman–Crippen MR) is 103 cm³/mol. The van der Waals surface area contributed by atoms with E-state index in [4.69, 9.17) is 4.74 Å². The highest BCUT2D eigenvalue weighted by molar-refractivity contribution is 6.00. The molecule has 1 N–H and O–H groups in total. The van der Waals surface area contributed by atoms with Gasteiger partial charge < -0.3 is 19.1 Å². The number of rotatable bonds is 7. The summed E-state index contributed by atoms with van der Waals surface area (Å²) < 4.78 is 11.8. The number of aromatic carboxylic acids is 1. The van der Waals surface area contributed by atoms with Crippen molar-refractivity contribution in [2.24, 2.45) is 0 Å². The number of morpholine rings is 1. The van der Waals surface area contributed by atoms with Crippen LogP contribution < -0.4 is 0 Å². The maximum absolute atomic E-state index is 11.9. The van der Waals surface area contributed by atoms with Crippen LogP contribution in [0.5, 0.6) is 0 Å². The number of aromatic nitrogens is 2. The lowest BCUT2D eigenvalue weighted by atomic mass is 10.0. The molecule has 29 heavy (non-hydrogen) atoms. The maximum atomic E-state index is 11.9. The Morgan fingerprint density at radius 1 is 1.21 bits per heavy atom. The van der Waals surface area contributed by atoms with Gasteiger partial charge in [0.2, 0.25) is 0 Å². The molecule has 1 saturated heterocycles. The van der Waals surface area contributed by atoms with Crippen molar-refractivity contribution in [1.29, 1.82) is 0 Å². The van der Waals surface area contributed by atoms with Gasteiger partial charge in [-0.05, 0) is 18.2 Å². The van der Waals surface area contributed by atoms with Gasteiger partial charge in [-0.1, -0.05) is 0 Å². The van der Waals surface area contributed by atoms with Gasteiger partial charge in [-0.3, -0.25) is 9.69 Å². The Hall–Kier alpha value is -3.04. The summed E-state index contributed by atoms with van der Waals surface area (Å²) in [5.41, 5.74) is 0.642. The number of hydrogen-bond donors (Lipinski definition) is 1. The zero-order valence-corrected chi connectivity index (χ0v) is 16.4. The van der Waals surface area contributed by atoms with Gasteiger partial charge in [-0.15, -0.1) is 0 Å². The highest BCUT2D eigenvalue weighted by atomic mass is 16.5. The molecule has 0 unspecified atom stereocenters. The predicted octanol–water partition coefficient (Wildman–Crippen LogP) is 1.57. The Morgan fingerprint density at radius 2 is 1.93 bits per heavy atom. The van der Waals surface area contributed by atoms with Crippen LogP contribution in [-0.2, 0) is 16.0 Å². The molecule has 0 aliphatic carbocycles. The van der Waals surface area contributed by atoms with Gasteiger partial charge >= 0.3 is 11.9 Å². The monoisotopic (exact) mass is 401 g/mol. The molecule has 0 amide bonds. The Labute approximate surface area is 167 Å². The molecule has 2 heterocycles. The van der Waals surface area contributed by atoms with E-state index < -0.39 is 11.9 Å². The number of carboxylic acid groups (broad SMARTS) is 1. The molecule has 0 spiro atoms. The lowest BCUT2D eigenvalue weighted by Gasteiger charge is -2.26. The van der Waals surface area contributed by atoms with Gasteiger partial charge in [-0.2, -0.15) is 0 Å². The molecule has 9 nitrogen and oxygen atoms in total. The highest BCUT2D eigenvalue weighted by Gasteiger charge is 2.21. The summed E-state index contributed by atoms with van der Waals surface area (Å²) in [6.07, 6.45) is 1.64. The Morgan fingerprint density at radius 3 is 2.55 bits per heavy atom. The highest BCUT2D eigenvalue weighted by Crippen LogP contribution is 2.26. The van der Waals surface area contributed by atoms with Crippen LogP contribution in [0.15, 0.2) is 24.4 Å². The van der Waals surface area contributed by atoms with Gasteiger partial charge in [0.1, 0.15) is 11.5 Å². The Balaban J connectivity index is 1.98. The molecule has 0 saturated carbocycles.